The number of halogens is 1. The van der Waals surface area contributed by atoms with E-state index in [1.165, 1.54) is 24.3 Å². The van der Waals surface area contributed by atoms with E-state index >= 15 is 0 Å². The van der Waals surface area contributed by atoms with Crippen LogP contribution in [0.1, 0.15) is 0 Å². The minimum atomic E-state index is -0.527. The molecule has 0 aliphatic heterocycles. The molecule has 0 heterocycles. The predicted molar refractivity (Wildman–Crippen MR) is 87.9 cm³/mol. The highest BCUT2D eigenvalue weighted by molar-refractivity contribution is 6.33. The molecule has 3 aromatic carbocycles. The standard InChI is InChI=1S/C16H10ClN3O3/c17-13-9-10(20(22)23)5-6-15(13)19-18-14-7-8-16(21)12-4-2-1-3-11(12)14/h1-9,21H/b19-18+. The first-order valence-electron chi connectivity index (χ1n) is 6.62. The summed E-state index contributed by atoms with van der Waals surface area (Å²) in [6.07, 6.45) is 0. The van der Waals surface area contributed by atoms with E-state index in [2.05, 4.69) is 10.2 Å². The van der Waals surface area contributed by atoms with Crippen LogP contribution in [0.2, 0.25) is 5.02 Å². The highest BCUT2D eigenvalue weighted by Gasteiger charge is 2.09. The maximum Gasteiger partial charge on any atom is 0.271 e. The monoisotopic (exact) mass is 327 g/mol. The normalized spacial score (nSPS) is 11.2. The molecular formula is C16H10ClN3O3. The van der Waals surface area contributed by atoms with Gasteiger partial charge in [0, 0.05) is 22.9 Å². The number of azo groups is 1. The molecule has 7 heteroatoms. The van der Waals surface area contributed by atoms with Crippen molar-refractivity contribution in [2.75, 3.05) is 0 Å². The lowest BCUT2D eigenvalue weighted by Gasteiger charge is -2.03. The third-order valence-electron chi connectivity index (χ3n) is 3.29. The van der Waals surface area contributed by atoms with Crippen molar-refractivity contribution in [1.29, 1.82) is 0 Å². The van der Waals surface area contributed by atoms with Crippen LogP contribution in [-0.2, 0) is 0 Å². The van der Waals surface area contributed by atoms with Gasteiger partial charge in [-0.05, 0) is 18.2 Å². The van der Waals surface area contributed by atoms with Crippen molar-refractivity contribution in [1.82, 2.24) is 0 Å². The molecule has 0 aliphatic carbocycles. The zero-order valence-corrected chi connectivity index (χ0v) is 12.4. The fourth-order valence-electron chi connectivity index (χ4n) is 2.15. The third-order valence-corrected chi connectivity index (χ3v) is 3.59. The van der Waals surface area contributed by atoms with Crippen molar-refractivity contribution in [3.63, 3.8) is 0 Å². The Morgan fingerprint density at radius 1 is 0.957 bits per heavy atom. The van der Waals surface area contributed by atoms with Gasteiger partial charge in [0.1, 0.15) is 11.4 Å². The van der Waals surface area contributed by atoms with Crippen LogP contribution in [0.4, 0.5) is 17.1 Å². The lowest BCUT2D eigenvalue weighted by Crippen LogP contribution is -1.86. The fraction of sp³-hybridized carbons (Fsp3) is 0. The second-order valence-electron chi connectivity index (χ2n) is 4.74. The Bertz CT molecular complexity index is 941. The number of rotatable bonds is 3. The van der Waals surface area contributed by atoms with Gasteiger partial charge < -0.3 is 5.11 Å². The number of aromatic hydroxyl groups is 1. The summed E-state index contributed by atoms with van der Waals surface area (Å²) in [6.45, 7) is 0. The lowest BCUT2D eigenvalue weighted by molar-refractivity contribution is -0.384. The Labute approximate surface area is 135 Å². The number of fused-ring (bicyclic) bond motifs is 1. The van der Waals surface area contributed by atoms with Gasteiger partial charge in [0.05, 0.1) is 15.6 Å². The van der Waals surface area contributed by atoms with Crippen molar-refractivity contribution >= 4 is 39.4 Å². The van der Waals surface area contributed by atoms with Gasteiger partial charge in [-0.25, -0.2) is 0 Å². The summed E-state index contributed by atoms with van der Waals surface area (Å²) in [5, 5.41) is 30.3. The molecule has 0 radical (unpaired) electrons. The summed E-state index contributed by atoms with van der Waals surface area (Å²) in [4.78, 5) is 10.2. The number of nitro groups is 1. The summed E-state index contributed by atoms with van der Waals surface area (Å²) >= 11 is 5.98. The van der Waals surface area contributed by atoms with Gasteiger partial charge in [-0.2, -0.15) is 0 Å². The largest absolute Gasteiger partial charge is 0.507 e. The molecule has 1 N–H and O–H groups in total. The number of nitro benzene ring substituents is 1. The Kier molecular flexibility index (Phi) is 3.91. The molecule has 0 unspecified atom stereocenters. The summed E-state index contributed by atoms with van der Waals surface area (Å²) in [5.41, 5.74) is 0.784. The number of benzene rings is 3. The molecule has 3 rings (SSSR count). The van der Waals surface area contributed by atoms with Crippen LogP contribution in [-0.4, -0.2) is 10.0 Å². The Morgan fingerprint density at radius 2 is 1.61 bits per heavy atom. The molecule has 0 fully saturated rings. The summed E-state index contributed by atoms with van der Waals surface area (Å²) in [5.74, 6) is 0.160. The van der Waals surface area contributed by atoms with Crippen LogP contribution in [0.5, 0.6) is 5.75 Å². The fourth-order valence-corrected chi connectivity index (χ4v) is 2.37. The molecule has 0 aliphatic rings. The summed E-state index contributed by atoms with van der Waals surface area (Å²) in [6, 6.07) is 14.4. The van der Waals surface area contributed by atoms with E-state index in [9.17, 15) is 15.2 Å². The molecule has 23 heavy (non-hydrogen) atoms. The Morgan fingerprint density at radius 3 is 2.30 bits per heavy atom. The maximum atomic E-state index is 10.7. The minimum Gasteiger partial charge on any atom is -0.507 e. The molecule has 0 atom stereocenters. The van der Waals surface area contributed by atoms with Crippen LogP contribution in [0.3, 0.4) is 0 Å². The highest BCUT2D eigenvalue weighted by atomic mass is 35.5. The van der Waals surface area contributed by atoms with E-state index in [1.54, 1.807) is 12.1 Å². The first kappa shape index (κ1) is 14.9. The quantitative estimate of drug-likeness (QED) is 0.390. The van der Waals surface area contributed by atoms with Gasteiger partial charge in [-0.3, -0.25) is 10.1 Å². The van der Waals surface area contributed by atoms with Gasteiger partial charge >= 0.3 is 0 Å². The van der Waals surface area contributed by atoms with Crippen LogP contribution in [0, 0.1) is 10.1 Å². The predicted octanol–water partition coefficient (Wildman–Crippen LogP) is 5.52. The average molecular weight is 328 g/mol. The maximum absolute atomic E-state index is 10.7. The first-order valence-corrected chi connectivity index (χ1v) is 7.00. The first-order chi connectivity index (χ1) is 11.1. The molecule has 114 valence electrons. The van der Waals surface area contributed by atoms with E-state index in [4.69, 9.17) is 11.6 Å². The molecule has 0 spiro atoms. The molecule has 6 nitrogen and oxygen atoms in total. The van der Waals surface area contributed by atoms with Crippen LogP contribution in [0.15, 0.2) is 64.8 Å². The van der Waals surface area contributed by atoms with Crippen molar-refractivity contribution in [2.24, 2.45) is 10.2 Å². The van der Waals surface area contributed by atoms with Gasteiger partial charge in [-0.15, -0.1) is 10.2 Å². The van der Waals surface area contributed by atoms with E-state index in [-0.39, 0.29) is 16.5 Å². The van der Waals surface area contributed by atoms with Crippen molar-refractivity contribution < 1.29 is 10.0 Å². The summed E-state index contributed by atoms with van der Waals surface area (Å²) in [7, 11) is 0. The van der Waals surface area contributed by atoms with E-state index in [0.29, 0.717) is 16.8 Å². The van der Waals surface area contributed by atoms with Gasteiger partial charge in [0.2, 0.25) is 0 Å². The lowest BCUT2D eigenvalue weighted by atomic mass is 10.1. The smallest absolute Gasteiger partial charge is 0.271 e. The average Bonchev–Trinajstić information content (AvgIpc) is 2.55. The molecule has 3 aromatic rings. The number of non-ortho nitro benzene ring substituents is 1. The van der Waals surface area contributed by atoms with Crippen molar-refractivity contribution in [3.05, 3.63) is 69.7 Å². The topological polar surface area (TPSA) is 88.1 Å². The van der Waals surface area contributed by atoms with Crippen molar-refractivity contribution in [2.45, 2.75) is 0 Å². The van der Waals surface area contributed by atoms with E-state index < -0.39 is 4.92 Å². The zero-order valence-electron chi connectivity index (χ0n) is 11.7. The number of hydrogen-bond donors (Lipinski definition) is 1. The molecular weight excluding hydrogens is 318 g/mol. The molecule has 0 amide bonds. The number of nitrogens with zero attached hydrogens (tertiary/aromatic N) is 3. The van der Waals surface area contributed by atoms with Gasteiger partial charge in [0.25, 0.3) is 5.69 Å². The Hall–Kier alpha value is -2.99. The molecule has 0 aromatic heterocycles. The van der Waals surface area contributed by atoms with Crippen LogP contribution in [0.25, 0.3) is 10.8 Å². The van der Waals surface area contributed by atoms with E-state index in [0.717, 1.165) is 5.39 Å². The Balaban J connectivity index is 2.01. The number of phenolic OH excluding ortho intramolecular Hbond substituents is 1. The van der Waals surface area contributed by atoms with E-state index in [1.807, 2.05) is 18.2 Å². The van der Waals surface area contributed by atoms with Gasteiger partial charge in [-0.1, -0.05) is 35.9 Å². The highest BCUT2D eigenvalue weighted by Crippen LogP contribution is 2.35. The third kappa shape index (κ3) is 2.97. The number of hydrogen-bond acceptors (Lipinski definition) is 5. The van der Waals surface area contributed by atoms with Crippen LogP contribution >= 0.6 is 11.6 Å². The van der Waals surface area contributed by atoms with Gasteiger partial charge in [0.15, 0.2) is 0 Å². The zero-order chi connectivity index (χ0) is 16.4. The minimum absolute atomic E-state index is 0.107. The molecule has 0 saturated heterocycles. The molecule has 0 saturated carbocycles. The summed E-state index contributed by atoms with van der Waals surface area (Å²) < 4.78 is 0. The molecule has 0 bridgehead atoms. The number of phenols is 1. The van der Waals surface area contributed by atoms with Crippen molar-refractivity contribution in [3.8, 4) is 5.75 Å². The second kappa shape index (κ2) is 6.02. The van der Waals surface area contributed by atoms with Crippen LogP contribution < -0.4 is 0 Å². The second-order valence-corrected chi connectivity index (χ2v) is 5.15. The SMILES string of the molecule is O=[N+]([O-])c1ccc(/N=N/c2ccc(O)c3ccccc23)c(Cl)c1.